The summed E-state index contributed by atoms with van der Waals surface area (Å²) in [7, 11) is 0. The molecule has 1 heterocycles. The van der Waals surface area contributed by atoms with Crippen molar-refractivity contribution in [2.45, 2.75) is 19.1 Å². The van der Waals surface area contributed by atoms with E-state index < -0.39 is 17.9 Å². The summed E-state index contributed by atoms with van der Waals surface area (Å²) in [4.78, 5) is 27.5. The molecule has 25 heavy (non-hydrogen) atoms. The summed E-state index contributed by atoms with van der Waals surface area (Å²) < 4.78 is 5.14. The number of aromatic nitrogens is 2. The van der Waals surface area contributed by atoms with Crippen LogP contribution < -0.4 is 17.2 Å². The first-order valence-electron chi connectivity index (χ1n) is 7.57. The number of carbonyl (C=O) groups is 2. The van der Waals surface area contributed by atoms with E-state index in [1.807, 2.05) is 30.3 Å². The van der Waals surface area contributed by atoms with Gasteiger partial charge in [-0.05, 0) is 12.1 Å². The number of benzene rings is 1. The van der Waals surface area contributed by atoms with E-state index in [4.69, 9.17) is 27.0 Å². The van der Waals surface area contributed by atoms with Gasteiger partial charge in [-0.15, -0.1) is 0 Å². The molecule has 0 fully saturated rings. The number of carboxylic acid groups (broad SMARTS) is 1. The Labute approximate surface area is 145 Å². The van der Waals surface area contributed by atoms with Crippen LogP contribution in [-0.2, 0) is 22.6 Å². The smallest absolute Gasteiger partial charge is 0.322 e. The Balaban J connectivity index is 0.000000257. The Morgan fingerprint density at radius 1 is 1.28 bits per heavy atom. The van der Waals surface area contributed by atoms with Crippen LogP contribution in [0.25, 0.3) is 0 Å². The van der Waals surface area contributed by atoms with Gasteiger partial charge < -0.3 is 32.0 Å². The topological polar surface area (TPSA) is 170 Å². The maximum Gasteiger partial charge on any atom is 0.322 e. The number of hydrogen-bond acceptors (Lipinski definition) is 6. The minimum absolute atomic E-state index is 0.0320. The van der Waals surface area contributed by atoms with Gasteiger partial charge in [0.05, 0.1) is 25.2 Å². The first kappa shape index (κ1) is 20.3. The molecule has 9 nitrogen and oxygen atoms in total. The van der Waals surface area contributed by atoms with Crippen LogP contribution >= 0.6 is 0 Å². The van der Waals surface area contributed by atoms with E-state index in [2.05, 4.69) is 9.97 Å². The summed E-state index contributed by atoms with van der Waals surface area (Å²) in [6.45, 7) is 0.886. The normalized spacial score (nSPS) is 11.3. The molecule has 0 saturated carbocycles. The van der Waals surface area contributed by atoms with Gasteiger partial charge in [0.25, 0.3) is 5.91 Å². The number of nitrogens with two attached hydrogens (primary N) is 3. The van der Waals surface area contributed by atoms with Crippen molar-refractivity contribution < 1.29 is 19.4 Å². The Hall–Kier alpha value is -2.75. The van der Waals surface area contributed by atoms with Crippen molar-refractivity contribution in [1.82, 2.24) is 9.97 Å². The van der Waals surface area contributed by atoms with Gasteiger partial charge >= 0.3 is 5.97 Å². The number of carboxylic acids is 1. The van der Waals surface area contributed by atoms with E-state index in [1.54, 1.807) is 0 Å². The van der Waals surface area contributed by atoms with Gasteiger partial charge in [0, 0.05) is 6.42 Å². The van der Waals surface area contributed by atoms with Crippen molar-refractivity contribution in [2.75, 3.05) is 13.2 Å². The van der Waals surface area contributed by atoms with Crippen LogP contribution in [0.1, 0.15) is 21.7 Å². The zero-order valence-electron chi connectivity index (χ0n) is 13.7. The van der Waals surface area contributed by atoms with Crippen molar-refractivity contribution in [3.8, 4) is 0 Å². The molecule has 9 heteroatoms. The van der Waals surface area contributed by atoms with Crippen molar-refractivity contribution in [3.63, 3.8) is 0 Å². The average Bonchev–Trinajstić information content (AvgIpc) is 3.05. The molecule has 0 aliphatic heterocycles. The number of aromatic amines is 1. The van der Waals surface area contributed by atoms with Crippen LogP contribution in [0.15, 0.2) is 36.7 Å². The lowest BCUT2D eigenvalue weighted by molar-refractivity contribution is -0.140. The van der Waals surface area contributed by atoms with E-state index in [9.17, 15) is 9.59 Å². The zero-order valence-corrected chi connectivity index (χ0v) is 13.7. The van der Waals surface area contributed by atoms with E-state index in [-0.39, 0.29) is 6.61 Å². The summed E-state index contributed by atoms with van der Waals surface area (Å²) in [6.07, 6.45) is 2.01. The van der Waals surface area contributed by atoms with Gasteiger partial charge in [-0.1, -0.05) is 30.3 Å². The van der Waals surface area contributed by atoms with Crippen LogP contribution in [0.3, 0.4) is 0 Å². The largest absolute Gasteiger partial charge is 0.480 e. The van der Waals surface area contributed by atoms with Crippen molar-refractivity contribution in [2.24, 2.45) is 17.2 Å². The van der Waals surface area contributed by atoms with Crippen LogP contribution in [0.5, 0.6) is 0 Å². The Bertz CT molecular complexity index is 660. The van der Waals surface area contributed by atoms with Gasteiger partial charge in [0.1, 0.15) is 11.7 Å². The van der Waals surface area contributed by atoms with Gasteiger partial charge in [0.2, 0.25) is 0 Å². The van der Waals surface area contributed by atoms with Gasteiger partial charge in [-0.2, -0.15) is 0 Å². The first-order valence-corrected chi connectivity index (χ1v) is 7.57. The predicted molar refractivity (Wildman–Crippen MR) is 91.6 cm³/mol. The number of nitrogens with one attached hydrogen (secondary N) is 1. The fourth-order valence-corrected chi connectivity index (χ4v) is 1.81. The molecular weight excluding hydrogens is 326 g/mol. The predicted octanol–water partition coefficient (Wildman–Crippen LogP) is -0.375. The van der Waals surface area contributed by atoms with E-state index >= 15 is 0 Å². The summed E-state index contributed by atoms with van der Waals surface area (Å²) in [5, 5.41) is 8.47. The van der Waals surface area contributed by atoms with Gasteiger partial charge in [-0.25, -0.2) is 4.98 Å². The summed E-state index contributed by atoms with van der Waals surface area (Å²) >= 11 is 0. The summed E-state index contributed by atoms with van der Waals surface area (Å²) in [5.41, 5.74) is 17.6. The van der Waals surface area contributed by atoms with Crippen LogP contribution in [0.2, 0.25) is 0 Å². The summed E-state index contributed by atoms with van der Waals surface area (Å²) in [6, 6.07) is 8.58. The molecule has 0 saturated heterocycles. The number of nitrogens with zero attached hydrogens (tertiary/aromatic N) is 1. The molecule has 0 aliphatic carbocycles. The lowest BCUT2D eigenvalue weighted by atomic mass is 10.2. The summed E-state index contributed by atoms with van der Waals surface area (Å²) in [5.74, 6) is -1.54. The molecule has 0 aliphatic rings. The quantitative estimate of drug-likeness (QED) is 0.432. The molecule has 1 aromatic carbocycles. The number of primary amides is 1. The molecule has 2 rings (SSSR count). The molecule has 136 valence electrons. The molecule has 8 N–H and O–H groups in total. The molecule has 1 aromatic heterocycles. The van der Waals surface area contributed by atoms with Crippen LogP contribution in [-0.4, -0.2) is 46.1 Å². The van der Waals surface area contributed by atoms with Crippen molar-refractivity contribution in [3.05, 3.63) is 53.6 Å². The van der Waals surface area contributed by atoms with E-state index in [0.29, 0.717) is 31.0 Å². The third kappa shape index (κ3) is 7.57. The lowest BCUT2D eigenvalue weighted by Crippen LogP contribution is -2.34. The van der Waals surface area contributed by atoms with E-state index in [0.717, 1.165) is 5.56 Å². The first-order chi connectivity index (χ1) is 12.0. The second-order valence-corrected chi connectivity index (χ2v) is 5.07. The zero-order chi connectivity index (χ0) is 18.7. The fourth-order valence-electron chi connectivity index (χ4n) is 1.81. The molecular formula is C16H23N5O4. The number of rotatable bonds is 8. The number of hydrogen-bond donors (Lipinski definition) is 5. The number of H-pyrrole nitrogens is 1. The molecule has 0 bridgehead atoms. The highest BCUT2D eigenvalue weighted by Gasteiger charge is 2.10. The second kappa shape index (κ2) is 10.9. The highest BCUT2D eigenvalue weighted by molar-refractivity contribution is 5.91. The van der Waals surface area contributed by atoms with E-state index in [1.165, 1.54) is 6.33 Å². The number of amides is 1. The van der Waals surface area contributed by atoms with Crippen LogP contribution in [0, 0.1) is 0 Å². The van der Waals surface area contributed by atoms with Gasteiger partial charge in [-0.3, -0.25) is 9.59 Å². The van der Waals surface area contributed by atoms with Gasteiger partial charge in [0.15, 0.2) is 0 Å². The standard InChI is InChI=1S/C10H13NO3.C6H10N4O/c11-9(10(12)13)7-14-6-8-4-2-1-3-5-8;7-2-1-4-5(6(8)11)10-3-9-4/h1-5,9H,6-7,11H2,(H,12,13);3H,1-2,7H2,(H2,8,11)(H,9,10)/t9-;/m0./s1. The minimum atomic E-state index is -1.04. The molecule has 0 spiro atoms. The highest BCUT2D eigenvalue weighted by atomic mass is 16.5. The maximum absolute atomic E-state index is 10.7. The molecule has 1 amide bonds. The third-order valence-electron chi connectivity index (χ3n) is 3.07. The number of imidazole rings is 1. The minimum Gasteiger partial charge on any atom is -0.480 e. The molecule has 1 atom stereocenters. The highest BCUT2D eigenvalue weighted by Crippen LogP contribution is 2.01. The number of aliphatic carboxylic acids is 1. The average molecular weight is 349 g/mol. The van der Waals surface area contributed by atoms with Crippen molar-refractivity contribution in [1.29, 1.82) is 0 Å². The third-order valence-corrected chi connectivity index (χ3v) is 3.07. The molecule has 0 radical (unpaired) electrons. The Kier molecular flexibility index (Phi) is 8.86. The number of ether oxygens (including phenoxy) is 1. The molecule has 2 aromatic rings. The van der Waals surface area contributed by atoms with Crippen molar-refractivity contribution >= 4 is 11.9 Å². The Morgan fingerprint density at radius 3 is 2.52 bits per heavy atom. The maximum atomic E-state index is 10.7. The monoisotopic (exact) mass is 349 g/mol. The second-order valence-electron chi connectivity index (χ2n) is 5.07. The number of carbonyl (C=O) groups excluding carboxylic acids is 1. The molecule has 0 unspecified atom stereocenters. The fraction of sp³-hybridized carbons (Fsp3) is 0.312. The lowest BCUT2D eigenvalue weighted by Gasteiger charge is -2.07. The Morgan fingerprint density at radius 2 is 1.96 bits per heavy atom. The van der Waals surface area contributed by atoms with Crippen LogP contribution in [0.4, 0.5) is 0 Å². The SMILES string of the molecule is NCCc1nc[nH]c1C(N)=O.N[C@@H](COCc1ccccc1)C(=O)O.